The molecule has 2 amide bonds. The van der Waals surface area contributed by atoms with Crippen LogP contribution in [0.1, 0.15) is 28.8 Å². The van der Waals surface area contributed by atoms with Crippen molar-refractivity contribution in [3.05, 3.63) is 70.2 Å². The van der Waals surface area contributed by atoms with Crippen molar-refractivity contribution in [2.24, 2.45) is 0 Å². The van der Waals surface area contributed by atoms with Crippen molar-refractivity contribution in [3.63, 3.8) is 0 Å². The molecule has 0 radical (unpaired) electrons. The molecule has 2 N–H and O–H groups in total. The van der Waals surface area contributed by atoms with Gasteiger partial charge in [-0.2, -0.15) is 0 Å². The van der Waals surface area contributed by atoms with Crippen molar-refractivity contribution >= 4 is 27.7 Å². The van der Waals surface area contributed by atoms with Crippen LogP contribution in [0.15, 0.2) is 59.1 Å². The molecule has 3 rings (SSSR count). The molecule has 1 saturated heterocycles. The summed E-state index contributed by atoms with van der Waals surface area (Å²) in [5.41, 5.74) is 1.96. The molecule has 1 aliphatic heterocycles. The number of nitrogens with zero attached hydrogens (tertiary/aromatic N) is 2. The second kappa shape index (κ2) is 12.6. The van der Waals surface area contributed by atoms with Crippen LogP contribution in [0.5, 0.6) is 0 Å². The van der Waals surface area contributed by atoms with Gasteiger partial charge in [0.2, 0.25) is 5.91 Å². The topological polar surface area (TPSA) is 64.7 Å². The van der Waals surface area contributed by atoms with E-state index in [0.717, 1.165) is 50.2 Å². The van der Waals surface area contributed by atoms with Crippen LogP contribution in [-0.2, 0) is 11.3 Å². The predicted molar refractivity (Wildman–Crippen MR) is 127 cm³/mol. The maximum absolute atomic E-state index is 12.0. The van der Waals surface area contributed by atoms with Crippen LogP contribution in [0.3, 0.4) is 0 Å². The lowest BCUT2D eigenvalue weighted by Gasteiger charge is -2.34. The maximum atomic E-state index is 12.0. The van der Waals surface area contributed by atoms with Gasteiger partial charge >= 0.3 is 0 Å². The highest BCUT2D eigenvalue weighted by Gasteiger charge is 2.16. The molecule has 2 aromatic carbocycles. The molecule has 166 valence electrons. The number of halogens is 1. The minimum absolute atomic E-state index is 0.0243. The Bertz CT molecular complexity index is 821. The van der Waals surface area contributed by atoms with Crippen molar-refractivity contribution in [1.29, 1.82) is 0 Å². The fourth-order valence-corrected chi connectivity index (χ4v) is 3.89. The van der Waals surface area contributed by atoms with E-state index < -0.39 is 0 Å². The number of hydrogen-bond acceptors (Lipinski definition) is 4. The molecule has 0 unspecified atom stereocenters. The van der Waals surface area contributed by atoms with Crippen LogP contribution in [0.4, 0.5) is 0 Å². The molecule has 7 heteroatoms. The number of rotatable bonds is 10. The second-order valence-corrected chi connectivity index (χ2v) is 8.74. The number of amides is 2. The van der Waals surface area contributed by atoms with Gasteiger partial charge in [-0.3, -0.25) is 14.5 Å². The molecule has 0 atom stereocenters. The number of carbonyl (C=O) groups is 2. The third kappa shape index (κ3) is 8.44. The SMILES string of the molecule is O=C(CCNC(=O)c1ccc(Br)cc1)NCCCN1CCN(Cc2ccccc2)CC1. The molecule has 31 heavy (non-hydrogen) atoms. The van der Waals surface area contributed by atoms with Gasteiger partial charge in [-0.05, 0) is 42.8 Å². The highest BCUT2D eigenvalue weighted by molar-refractivity contribution is 9.10. The Kier molecular flexibility index (Phi) is 9.52. The normalized spacial score (nSPS) is 14.9. The highest BCUT2D eigenvalue weighted by atomic mass is 79.9. The first kappa shape index (κ1) is 23.4. The average Bonchev–Trinajstić information content (AvgIpc) is 2.79. The summed E-state index contributed by atoms with van der Waals surface area (Å²) in [5.74, 6) is -0.185. The van der Waals surface area contributed by atoms with E-state index in [1.165, 1.54) is 5.56 Å². The molecule has 1 aliphatic rings. The summed E-state index contributed by atoms with van der Waals surface area (Å²) in [4.78, 5) is 29.0. The highest BCUT2D eigenvalue weighted by Crippen LogP contribution is 2.10. The second-order valence-electron chi connectivity index (χ2n) is 7.82. The van der Waals surface area contributed by atoms with Gasteiger partial charge in [-0.25, -0.2) is 0 Å². The molecule has 1 fully saturated rings. The zero-order valence-corrected chi connectivity index (χ0v) is 19.4. The first-order valence-corrected chi connectivity index (χ1v) is 11.7. The van der Waals surface area contributed by atoms with Crippen molar-refractivity contribution in [3.8, 4) is 0 Å². The quantitative estimate of drug-likeness (QED) is 0.506. The Hall–Kier alpha value is -2.22. The minimum atomic E-state index is -0.160. The average molecular weight is 487 g/mol. The Morgan fingerprint density at radius 1 is 0.839 bits per heavy atom. The van der Waals surface area contributed by atoms with Crippen LogP contribution in [0.25, 0.3) is 0 Å². The van der Waals surface area contributed by atoms with E-state index in [1.807, 2.05) is 12.1 Å². The van der Waals surface area contributed by atoms with Gasteiger partial charge in [0.15, 0.2) is 0 Å². The summed E-state index contributed by atoms with van der Waals surface area (Å²) >= 11 is 3.35. The van der Waals surface area contributed by atoms with Crippen molar-refractivity contribution < 1.29 is 9.59 Å². The Balaban J connectivity index is 1.21. The van der Waals surface area contributed by atoms with Gasteiger partial charge in [-0.15, -0.1) is 0 Å². The zero-order chi connectivity index (χ0) is 21.9. The summed E-state index contributed by atoms with van der Waals surface area (Å²) < 4.78 is 0.928. The molecule has 0 bridgehead atoms. The third-order valence-electron chi connectivity index (χ3n) is 5.43. The van der Waals surface area contributed by atoms with E-state index in [9.17, 15) is 9.59 Å². The van der Waals surface area contributed by atoms with Crippen LogP contribution in [-0.4, -0.2) is 67.4 Å². The fourth-order valence-electron chi connectivity index (χ4n) is 3.62. The van der Waals surface area contributed by atoms with Gasteiger partial charge in [0, 0.05) is 62.3 Å². The maximum Gasteiger partial charge on any atom is 0.251 e. The molecule has 0 aliphatic carbocycles. The van der Waals surface area contributed by atoms with E-state index in [-0.39, 0.29) is 11.8 Å². The summed E-state index contributed by atoms with van der Waals surface area (Å²) in [6, 6.07) is 17.8. The number of piperazine rings is 1. The van der Waals surface area contributed by atoms with Crippen molar-refractivity contribution in [2.75, 3.05) is 45.8 Å². The first-order valence-electron chi connectivity index (χ1n) is 10.9. The number of carbonyl (C=O) groups excluding carboxylic acids is 2. The molecule has 0 aromatic heterocycles. The lowest BCUT2D eigenvalue weighted by molar-refractivity contribution is -0.120. The number of nitrogens with one attached hydrogen (secondary N) is 2. The van der Waals surface area contributed by atoms with E-state index >= 15 is 0 Å². The van der Waals surface area contributed by atoms with E-state index in [0.29, 0.717) is 25.1 Å². The van der Waals surface area contributed by atoms with Crippen LogP contribution < -0.4 is 10.6 Å². The largest absolute Gasteiger partial charge is 0.356 e. The number of hydrogen-bond donors (Lipinski definition) is 2. The van der Waals surface area contributed by atoms with Crippen LogP contribution >= 0.6 is 15.9 Å². The summed E-state index contributed by atoms with van der Waals surface area (Å²) in [6.07, 6.45) is 1.23. The molecular formula is C24H31BrN4O2. The Morgan fingerprint density at radius 2 is 1.52 bits per heavy atom. The summed E-state index contributed by atoms with van der Waals surface area (Å²) in [6.45, 7) is 7.33. The smallest absolute Gasteiger partial charge is 0.251 e. The van der Waals surface area contributed by atoms with Crippen LogP contribution in [0.2, 0.25) is 0 Å². The standard InChI is InChI=1S/C24H31BrN4O2/c25-22-9-7-21(8-10-22)24(31)27-13-11-23(30)26-12-4-14-28-15-17-29(18-16-28)19-20-5-2-1-3-6-20/h1-3,5-10H,4,11-19H2,(H,26,30)(H,27,31). The molecular weight excluding hydrogens is 456 g/mol. The Labute approximate surface area is 193 Å². The van der Waals surface area contributed by atoms with Gasteiger partial charge in [-0.1, -0.05) is 46.3 Å². The van der Waals surface area contributed by atoms with E-state index in [4.69, 9.17) is 0 Å². The molecule has 0 saturated carbocycles. The van der Waals surface area contributed by atoms with E-state index in [1.54, 1.807) is 12.1 Å². The fraction of sp³-hybridized carbons (Fsp3) is 0.417. The van der Waals surface area contributed by atoms with E-state index in [2.05, 4.69) is 66.7 Å². The van der Waals surface area contributed by atoms with Gasteiger partial charge < -0.3 is 15.5 Å². The summed E-state index contributed by atoms with van der Waals surface area (Å²) in [5, 5.41) is 5.74. The van der Waals surface area contributed by atoms with Crippen molar-refractivity contribution in [1.82, 2.24) is 20.4 Å². The van der Waals surface area contributed by atoms with Crippen molar-refractivity contribution in [2.45, 2.75) is 19.4 Å². The minimum Gasteiger partial charge on any atom is -0.356 e. The molecule has 0 spiro atoms. The lowest BCUT2D eigenvalue weighted by atomic mass is 10.2. The molecule has 6 nitrogen and oxygen atoms in total. The predicted octanol–water partition coefficient (Wildman–Crippen LogP) is 2.89. The van der Waals surface area contributed by atoms with Gasteiger partial charge in [0.25, 0.3) is 5.91 Å². The third-order valence-corrected chi connectivity index (χ3v) is 5.96. The summed E-state index contributed by atoms with van der Waals surface area (Å²) in [7, 11) is 0. The first-order chi connectivity index (χ1) is 15.1. The monoisotopic (exact) mass is 486 g/mol. The zero-order valence-electron chi connectivity index (χ0n) is 17.9. The van der Waals surface area contributed by atoms with Crippen LogP contribution in [0, 0.1) is 0 Å². The number of benzene rings is 2. The lowest BCUT2D eigenvalue weighted by Crippen LogP contribution is -2.46. The molecule has 1 heterocycles. The van der Waals surface area contributed by atoms with Gasteiger partial charge in [0.05, 0.1) is 0 Å². The van der Waals surface area contributed by atoms with Gasteiger partial charge in [0.1, 0.15) is 0 Å². The Morgan fingerprint density at radius 3 is 2.23 bits per heavy atom. The molecule has 2 aromatic rings.